The minimum Gasteiger partial charge on any atom is -0.497 e. The van der Waals surface area contributed by atoms with Gasteiger partial charge in [-0.15, -0.1) is 0 Å². The molecule has 0 saturated carbocycles. The Morgan fingerprint density at radius 2 is 1.57 bits per heavy atom. The van der Waals surface area contributed by atoms with Gasteiger partial charge in [0.05, 0.1) is 35.5 Å². The van der Waals surface area contributed by atoms with Gasteiger partial charge in [-0.05, 0) is 48.9 Å². The van der Waals surface area contributed by atoms with E-state index in [9.17, 15) is 14.9 Å². The molecule has 3 N–H and O–H groups in total. The number of rotatable bonds is 8. The predicted octanol–water partition coefficient (Wildman–Crippen LogP) is 5.40. The number of nitrogens with one attached hydrogen (secondary N) is 3. The van der Waals surface area contributed by atoms with Gasteiger partial charge in [0.2, 0.25) is 5.91 Å². The summed E-state index contributed by atoms with van der Waals surface area (Å²) in [6, 6.07) is 28.0. The zero-order chi connectivity index (χ0) is 26.2. The third-order valence-corrected chi connectivity index (χ3v) is 6.80. The van der Waals surface area contributed by atoms with E-state index in [1.807, 2.05) is 67.6 Å². The van der Waals surface area contributed by atoms with Crippen molar-refractivity contribution in [1.29, 1.82) is 5.26 Å². The van der Waals surface area contributed by atoms with Crippen molar-refractivity contribution in [1.82, 2.24) is 5.32 Å². The number of thioether (sulfide) groups is 1. The van der Waals surface area contributed by atoms with Crippen LogP contribution >= 0.6 is 11.8 Å². The van der Waals surface area contributed by atoms with Crippen molar-refractivity contribution in [2.75, 3.05) is 23.5 Å². The van der Waals surface area contributed by atoms with Crippen molar-refractivity contribution in [3.05, 3.63) is 112 Å². The molecule has 186 valence electrons. The largest absolute Gasteiger partial charge is 0.497 e. The van der Waals surface area contributed by atoms with Crippen LogP contribution in [-0.4, -0.2) is 24.7 Å². The van der Waals surface area contributed by atoms with E-state index in [2.05, 4.69) is 22.0 Å². The zero-order valence-electron chi connectivity index (χ0n) is 20.4. The van der Waals surface area contributed by atoms with Crippen molar-refractivity contribution in [3.8, 4) is 11.8 Å². The quantitative estimate of drug-likeness (QED) is 0.375. The Labute approximate surface area is 220 Å². The number of anilines is 2. The van der Waals surface area contributed by atoms with Crippen LogP contribution < -0.4 is 20.7 Å². The minimum atomic E-state index is -0.580. The van der Waals surface area contributed by atoms with Crippen LogP contribution in [0.15, 0.2) is 107 Å². The average molecular weight is 511 g/mol. The normalized spacial score (nSPS) is 14.9. The first kappa shape index (κ1) is 25.6. The van der Waals surface area contributed by atoms with Gasteiger partial charge in [0, 0.05) is 22.6 Å². The summed E-state index contributed by atoms with van der Waals surface area (Å²) in [4.78, 5) is 26.1. The summed E-state index contributed by atoms with van der Waals surface area (Å²) in [5, 5.41) is 19.7. The van der Waals surface area contributed by atoms with Crippen LogP contribution in [0.5, 0.6) is 5.75 Å². The van der Waals surface area contributed by atoms with Crippen LogP contribution in [0.25, 0.3) is 0 Å². The number of carbonyl (C=O) groups is 2. The molecule has 0 radical (unpaired) electrons. The third kappa shape index (κ3) is 6.21. The van der Waals surface area contributed by atoms with Gasteiger partial charge in [-0.3, -0.25) is 9.59 Å². The molecule has 1 unspecified atom stereocenters. The van der Waals surface area contributed by atoms with E-state index < -0.39 is 5.92 Å². The number of dihydropyridines is 1. The number of nitrogens with zero attached hydrogens (tertiary/aromatic N) is 1. The summed E-state index contributed by atoms with van der Waals surface area (Å²) in [5.41, 5.74) is 3.60. The Morgan fingerprint density at radius 1 is 0.946 bits per heavy atom. The number of allylic oxidation sites excluding steroid dienone is 2. The van der Waals surface area contributed by atoms with Gasteiger partial charge >= 0.3 is 0 Å². The molecule has 0 saturated heterocycles. The van der Waals surface area contributed by atoms with Crippen molar-refractivity contribution in [2.45, 2.75) is 12.8 Å². The molecule has 0 bridgehead atoms. The second-order valence-electron chi connectivity index (χ2n) is 8.25. The smallest absolute Gasteiger partial charge is 0.254 e. The van der Waals surface area contributed by atoms with Crippen molar-refractivity contribution >= 4 is 35.0 Å². The molecule has 0 aromatic heterocycles. The molecule has 0 fully saturated rings. The molecule has 8 heteroatoms. The predicted molar refractivity (Wildman–Crippen MR) is 147 cm³/mol. The number of benzene rings is 3. The molecular weight excluding hydrogens is 484 g/mol. The molecular formula is C29H26N4O3S. The van der Waals surface area contributed by atoms with Crippen LogP contribution in [0.4, 0.5) is 11.4 Å². The van der Waals surface area contributed by atoms with Crippen LogP contribution in [-0.2, 0) is 9.59 Å². The van der Waals surface area contributed by atoms with E-state index >= 15 is 0 Å². The van der Waals surface area contributed by atoms with Gasteiger partial charge in [0.25, 0.3) is 5.91 Å². The number of methoxy groups -OCH3 is 1. The SMILES string of the molecule is COc1ccc(NC(=O)CSC2=C(C#N)C(c3ccccc3)C(C(=O)Nc3ccccc3)=C(C)N2)cc1. The maximum absolute atomic E-state index is 13.4. The van der Waals surface area contributed by atoms with E-state index in [0.29, 0.717) is 39.0 Å². The fourth-order valence-corrected chi connectivity index (χ4v) is 4.93. The molecule has 3 aromatic rings. The van der Waals surface area contributed by atoms with Crippen molar-refractivity contribution in [2.24, 2.45) is 0 Å². The van der Waals surface area contributed by atoms with E-state index in [1.54, 1.807) is 31.4 Å². The highest BCUT2D eigenvalue weighted by Crippen LogP contribution is 2.40. The lowest BCUT2D eigenvalue weighted by molar-refractivity contribution is -0.114. The monoisotopic (exact) mass is 510 g/mol. The number of nitriles is 1. The van der Waals surface area contributed by atoms with Gasteiger partial charge in [-0.25, -0.2) is 0 Å². The van der Waals surface area contributed by atoms with Gasteiger partial charge in [-0.1, -0.05) is 60.3 Å². The minimum absolute atomic E-state index is 0.0832. The Kier molecular flexibility index (Phi) is 8.29. The zero-order valence-corrected chi connectivity index (χ0v) is 21.3. The molecule has 1 aliphatic heterocycles. The lowest BCUT2D eigenvalue weighted by Gasteiger charge is -2.29. The highest BCUT2D eigenvalue weighted by atomic mass is 32.2. The van der Waals surface area contributed by atoms with E-state index in [4.69, 9.17) is 4.74 Å². The molecule has 1 heterocycles. The van der Waals surface area contributed by atoms with Gasteiger partial charge in [0.1, 0.15) is 5.75 Å². The lowest BCUT2D eigenvalue weighted by atomic mass is 9.82. The average Bonchev–Trinajstić information content (AvgIpc) is 2.92. The Hall–Kier alpha value is -4.48. The number of hydrogen-bond acceptors (Lipinski definition) is 6. The number of ether oxygens (including phenoxy) is 1. The first-order chi connectivity index (χ1) is 18.0. The third-order valence-electron chi connectivity index (χ3n) is 5.78. The van der Waals surface area contributed by atoms with E-state index in [0.717, 1.165) is 5.56 Å². The molecule has 1 aliphatic rings. The van der Waals surface area contributed by atoms with Gasteiger partial charge < -0.3 is 20.7 Å². The molecule has 2 amide bonds. The number of carbonyl (C=O) groups excluding carboxylic acids is 2. The van der Waals surface area contributed by atoms with Crippen LogP contribution in [0.3, 0.4) is 0 Å². The van der Waals surface area contributed by atoms with Crippen molar-refractivity contribution < 1.29 is 14.3 Å². The molecule has 0 spiro atoms. The summed E-state index contributed by atoms with van der Waals surface area (Å²) in [6.07, 6.45) is 0. The molecule has 4 rings (SSSR count). The summed E-state index contributed by atoms with van der Waals surface area (Å²) < 4.78 is 5.15. The number of amides is 2. The standard InChI is InChI=1S/C29H26N4O3S/c1-19-26(28(35)33-21-11-7-4-8-12-21)27(20-9-5-3-6-10-20)24(17-30)29(31-19)37-18-25(34)32-22-13-15-23(36-2)16-14-22/h3-16,27,31H,18H2,1-2H3,(H,32,34)(H,33,35). The highest BCUT2D eigenvalue weighted by Gasteiger charge is 2.34. The van der Waals surface area contributed by atoms with E-state index in [1.165, 1.54) is 11.8 Å². The first-order valence-corrected chi connectivity index (χ1v) is 12.6. The first-order valence-electron chi connectivity index (χ1n) is 11.6. The van der Waals surface area contributed by atoms with Gasteiger partial charge in [0.15, 0.2) is 0 Å². The Bertz CT molecular complexity index is 1380. The van der Waals surface area contributed by atoms with Crippen LogP contribution in [0, 0.1) is 11.3 Å². The van der Waals surface area contributed by atoms with Crippen LogP contribution in [0.1, 0.15) is 18.4 Å². The Morgan fingerprint density at radius 3 is 2.19 bits per heavy atom. The molecule has 7 nitrogen and oxygen atoms in total. The van der Waals surface area contributed by atoms with Crippen molar-refractivity contribution in [3.63, 3.8) is 0 Å². The molecule has 37 heavy (non-hydrogen) atoms. The molecule has 1 atom stereocenters. The van der Waals surface area contributed by atoms with Gasteiger partial charge in [-0.2, -0.15) is 5.26 Å². The second kappa shape index (κ2) is 12.0. The number of para-hydroxylation sites is 1. The molecule has 3 aromatic carbocycles. The van der Waals surface area contributed by atoms with Crippen LogP contribution in [0.2, 0.25) is 0 Å². The maximum Gasteiger partial charge on any atom is 0.254 e. The maximum atomic E-state index is 13.4. The second-order valence-corrected chi connectivity index (χ2v) is 9.23. The lowest BCUT2D eigenvalue weighted by Crippen LogP contribution is -2.31. The Balaban J connectivity index is 1.58. The molecule has 0 aliphatic carbocycles. The summed E-state index contributed by atoms with van der Waals surface area (Å²) in [6.45, 7) is 1.81. The fraction of sp³-hybridized carbons (Fsp3) is 0.138. The summed E-state index contributed by atoms with van der Waals surface area (Å²) >= 11 is 1.23. The van der Waals surface area contributed by atoms with E-state index in [-0.39, 0.29) is 17.6 Å². The number of hydrogen-bond donors (Lipinski definition) is 3. The topological polar surface area (TPSA) is 103 Å². The summed E-state index contributed by atoms with van der Waals surface area (Å²) in [7, 11) is 1.58. The highest BCUT2D eigenvalue weighted by molar-refractivity contribution is 8.03. The fourth-order valence-electron chi connectivity index (χ4n) is 4.04. The summed E-state index contributed by atoms with van der Waals surface area (Å²) in [5.74, 6) is -0.307.